The van der Waals surface area contributed by atoms with E-state index in [4.69, 9.17) is 10.3 Å². The Hall–Kier alpha value is -4.65. The first kappa shape index (κ1) is 29.1. The van der Waals surface area contributed by atoms with Crippen LogP contribution in [0, 0.1) is 5.82 Å². The summed E-state index contributed by atoms with van der Waals surface area (Å²) in [6.45, 7) is 5.80. The first-order chi connectivity index (χ1) is 22.2. The number of halogens is 1. The summed E-state index contributed by atoms with van der Waals surface area (Å²) in [5.74, 6) is -0.185. The molecule has 1 N–H and O–H groups in total. The Morgan fingerprint density at radius 1 is 0.778 bits per heavy atom. The average molecular weight is 596 g/mol. The Bertz CT molecular complexity index is 1770. The molecular formula is C39H38FN5. The molecule has 1 aliphatic rings. The summed E-state index contributed by atoms with van der Waals surface area (Å²) in [5.41, 5.74) is 6.83. The normalized spacial score (nSPS) is 15.6. The van der Waals surface area contributed by atoms with Crippen molar-refractivity contribution in [1.29, 1.82) is 0 Å². The van der Waals surface area contributed by atoms with Gasteiger partial charge in [-0.25, -0.2) is 9.07 Å². The number of nitrogens with zero attached hydrogens (tertiary/aromatic N) is 4. The molecule has 0 amide bonds. The summed E-state index contributed by atoms with van der Waals surface area (Å²) in [6, 6.07) is 43.6. The molecule has 0 saturated carbocycles. The highest BCUT2D eigenvalue weighted by molar-refractivity contribution is 5.82. The molecule has 1 aliphatic heterocycles. The minimum atomic E-state index is -0.749. The van der Waals surface area contributed by atoms with Gasteiger partial charge in [-0.2, -0.15) is 0 Å². The van der Waals surface area contributed by atoms with Gasteiger partial charge in [-0.15, -0.1) is 5.10 Å². The third kappa shape index (κ3) is 5.45. The lowest BCUT2D eigenvalue weighted by Crippen LogP contribution is -2.38. The van der Waals surface area contributed by atoms with Gasteiger partial charge in [-0.1, -0.05) is 115 Å². The van der Waals surface area contributed by atoms with E-state index < -0.39 is 5.54 Å². The van der Waals surface area contributed by atoms with Gasteiger partial charge in [-0.05, 0) is 78.0 Å². The fraction of sp³-hybridized carbons (Fsp3) is 0.231. The number of hydrogen-bond donors (Lipinski definition) is 1. The summed E-state index contributed by atoms with van der Waals surface area (Å²) in [6.07, 6.45) is 2.43. The Labute approximate surface area is 264 Å². The second-order valence-corrected chi connectivity index (χ2v) is 11.9. The van der Waals surface area contributed by atoms with Crippen molar-refractivity contribution in [2.75, 3.05) is 19.6 Å². The number of likely N-dealkylation sites (N-methyl/N-ethyl adjacent to an activating group) is 1. The van der Waals surface area contributed by atoms with E-state index in [9.17, 15) is 4.39 Å². The highest BCUT2D eigenvalue weighted by Gasteiger charge is 2.40. The first-order valence-corrected chi connectivity index (χ1v) is 15.9. The van der Waals surface area contributed by atoms with Gasteiger partial charge in [0.05, 0.1) is 5.52 Å². The Morgan fingerprint density at radius 3 is 2.00 bits per heavy atom. The molecule has 2 heterocycles. The molecule has 6 aromatic rings. The van der Waals surface area contributed by atoms with Gasteiger partial charge < -0.3 is 5.32 Å². The maximum Gasteiger partial charge on any atom is 0.140 e. The van der Waals surface area contributed by atoms with Gasteiger partial charge in [0.25, 0.3) is 0 Å². The van der Waals surface area contributed by atoms with Crippen molar-refractivity contribution in [2.45, 2.75) is 37.9 Å². The van der Waals surface area contributed by atoms with Crippen LogP contribution in [0.15, 0.2) is 127 Å². The van der Waals surface area contributed by atoms with Crippen LogP contribution < -0.4 is 5.32 Å². The summed E-state index contributed by atoms with van der Waals surface area (Å²) < 4.78 is 17.0. The lowest BCUT2D eigenvalue weighted by Gasteiger charge is -2.36. The standard InChI is InChI=1S/C39H38FN5/c1-2-44-24-12-19-35(44)28-41-27-31-25-29(20-22-36(31)40)30-21-23-38-37(26-30)42-43-45(38)39(32-13-6-3-7-14-32,33-15-8-4-9-16-33)34-17-10-5-11-18-34/h3-11,13-18,20-23,25-26,35,41H,2,12,19,24,27-28H2,1H3/t35-/m0/s1. The topological polar surface area (TPSA) is 46.0 Å². The average Bonchev–Trinajstić information content (AvgIpc) is 3.74. The van der Waals surface area contributed by atoms with Crippen molar-refractivity contribution in [3.63, 3.8) is 0 Å². The second-order valence-electron chi connectivity index (χ2n) is 11.9. The molecule has 0 bridgehead atoms. The number of aromatic nitrogens is 3. The lowest BCUT2D eigenvalue weighted by atomic mass is 9.77. The zero-order chi connectivity index (χ0) is 30.6. The fourth-order valence-corrected chi connectivity index (χ4v) is 7.06. The number of fused-ring (bicyclic) bond motifs is 1. The molecule has 45 heavy (non-hydrogen) atoms. The molecule has 0 unspecified atom stereocenters. The smallest absolute Gasteiger partial charge is 0.140 e. The maximum atomic E-state index is 14.9. The molecule has 0 spiro atoms. The summed E-state index contributed by atoms with van der Waals surface area (Å²) in [4.78, 5) is 2.50. The number of hydrogen-bond acceptors (Lipinski definition) is 4. The monoisotopic (exact) mass is 595 g/mol. The van der Waals surface area contributed by atoms with Crippen LogP contribution in [0.3, 0.4) is 0 Å². The van der Waals surface area contributed by atoms with Crippen molar-refractivity contribution in [1.82, 2.24) is 25.2 Å². The van der Waals surface area contributed by atoms with Crippen LogP contribution in [-0.4, -0.2) is 45.6 Å². The van der Waals surface area contributed by atoms with E-state index in [-0.39, 0.29) is 5.82 Å². The fourth-order valence-electron chi connectivity index (χ4n) is 7.06. The first-order valence-electron chi connectivity index (χ1n) is 15.9. The summed E-state index contributed by atoms with van der Waals surface area (Å²) >= 11 is 0. The quantitative estimate of drug-likeness (QED) is 0.165. The number of nitrogens with one attached hydrogen (secondary N) is 1. The number of rotatable bonds is 10. The SMILES string of the molecule is CCN1CCC[C@H]1CNCc1cc(-c2ccc3c(c2)nnn3C(c2ccccc2)(c2ccccc2)c2ccccc2)ccc1F. The van der Waals surface area contributed by atoms with Crippen molar-refractivity contribution < 1.29 is 4.39 Å². The van der Waals surface area contributed by atoms with Crippen LogP contribution in [0.4, 0.5) is 4.39 Å². The summed E-state index contributed by atoms with van der Waals surface area (Å²) in [7, 11) is 0. The largest absolute Gasteiger partial charge is 0.311 e. The van der Waals surface area contributed by atoms with Gasteiger partial charge >= 0.3 is 0 Å². The number of benzene rings is 5. The van der Waals surface area contributed by atoms with Gasteiger partial charge in [0.15, 0.2) is 0 Å². The van der Waals surface area contributed by atoms with E-state index in [0.29, 0.717) is 18.2 Å². The third-order valence-electron chi connectivity index (χ3n) is 9.32. The summed E-state index contributed by atoms with van der Waals surface area (Å²) in [5, 5.41) is 13.1. The molecule has 7 rings (SSSR count). The third-order valence-corrected chi connectivity index (χ3v) is 9.32. The van der Waals surface area contributed by atoms with E-state index in [0.717, 1.165) is 58.5 Å². The van der Waals surface area contributed by atoms with Gasteiger partial charge in [0, 0.05) is 24.7 Å². The molecule has 1 saturated heterocycles. The van der Waals surface area contributed by atoms with Gasteiger partial charge in [0.2, 0.25) is 0 Å². The van der Waals surface area contributed by atoms with Crippen LogP contribution in [-0.2, 0) is 12.1 Å². The predicted molar refractivity (Wildman–Crippen MR) is 180 cm³/mol. The number of likely N-dealkylation sites (tertiary alicyclic amines) is 1. The van der Waals surface area contributed by atoms with E-state index in [2.05, 4.69) is 113 Å². The minimum Gasteiger partial charge on any atom is -0.311 e. The van der Waals surface area contributed by atoms with E-state index in [1.165, 1.54) is 12.8 Å². The zero-order valence-corrected chi connectivity index (χ0v) is 25.6. The molecule has 5 aromatic carbocycles. The molecule has 226 valence electrons. The molecule has 0 radical (unpaired) electrons. The molecule has 1 aromatic heterocycles. The van der Waals surface area contributed by atoms with Gasteiger partial charge in [0.1, 0.15) is 16.9 Å². The van der Waals surface area contributed by atoms with E-state index in [1.54, 1.807) is 6.07 Å². The highest BCUT2D eigenvalue weighted by atomic mass is 19.1. The van der Waals surface area contributed by atoms with Crippen molar-refractivity contribution in [2.24, 2.45) is 0 Å². The van der Waals surface area contributed by atoms with Crippen molar-refractivity contribution >= 4 is 11.0 Å². The highest BCUT2D eigenvalue weighted by Crippen LogP contribution is 2.42. The van der Waals surface area contributed by atoms with Crippen molar-refractivity contribution in [3.8, 4) is 11.1 Å². The van der Waals surface area contributed by atoms with Crippen LogP contribution >= 0.6 is 0 Å². The zero-order valence-electron chi connectivity index (χ0n) is 25.6. The van der Waals surface area contributed by atoms with E-state index >= 15 is 0 Å². The van der Waals surface area contributed by atoms with Crippen LogP contribution in [0.25, 0.3) is 22.2 Å². The minimum absolute atomic E-state index is 0.185. The molecule has 1 atom stereocenters. The predicted octanol–water partition coefficient (Wildman–Crippen LogP) is 7.65. The molecule has 6 heteroatoms. The molecule has 1 fully saturated rings. The van der Waals surface area contributed by atoms with Crippen LogP contribution in [0.5, 0.6) is 0 Å². The van der Waals surface area contributed by atoms with Gasteiger partial charge in [-0.3, -0.25) is 4.90 Å². The van der Waals surface area contributed by atoms with Crippen molar-refractivity contribution in [3.05, 3.63) is 155 Å². The molecule has 0 aliphatic carbocycles. The molecule has 5 nitrogen and oxygen atoms in total. The Balaban J connectivity index is 1.27. The van der Waals surface area contributed by atoms with Crippen LogP contribution in [0.1, 0.15) is 42.0 Å². The maximum absolute atomic E-state index is 14.9. The Morgan fingerprint density at radius 2 is 1.38 bits per heavy atom. The Kier molecular flexibility index (Phi) is 8.25. The second kappa shape index (κ2) is 12.8. The molecular weight excluding hydrogens is 557 g/mol. The lowest BCUT2D eigenvalue weighted by molar-refractivity contribution is 0.259. The van der Waals surface area contributed by atoms with Crippen LogP contribution in [0.2, 0.25) is 0 Å². The van der Waals surface area contributed by atoms with E-state index in [1.807, 2.05) is 30.3 Å².